The summed E-state index contributed by atoms with van der Waals surface area (Å²) in [6, 6.07) is 4.19. The van der Waals surface area contributed by atoms with Crippen LogP contribution >= 0.6 is 11.3 Å². The summed E-state index contributed by atoms with van der Waals surface area (Å²) in [6.07, 6.45) is 3.95. The van der Waals surface area contributed by atoms with E-state index in [4.69, 9.17) is 0 Å². The smallest absolute Gasteiger partial charge is 0.0488 e. The third-order valence-corrected chi connectivity index (χ3v) is 2.02. The van der Waals surface area contributed by atoms with Gasteiger partial charge in [0, 0.05) is 11.4 Å². The maximum absolute atomic E-state index is 3.17. The number of rotatable bonds is 3. The van der Waals surface area contributed by atoms with Crippen molar-refractivity contribution in [3.63, 3.8) is 0 Å². The van der Waals surface area contributed by atoms with Gasteiger partial charge in [0.2, 0.25) is 0 Å². The third kappa shape index (κ3) is 2.23. The molecule has 1 aromatic rings. The van der Waals surface area contributed by atoms with E-state index in [1.807, 2.05) is 19.2 Å². The van der Waals surface area contributed by atoms with E-state index in [1.165, 1.54) is 4.88 Å². The monoisotopic (exact) mass is 153 g/mol. The number of nitrogens with one attached hydrogen (secondary N) is 1. The molecule has 0 aliphatic heterocycles. The molecular weight excluding hydrogens is 142 g/mol. The van der Waals surface area contributed by atoms with Gasteiger partial charge in [0.25, 0.3) is 0 Å². The summed E-state index contributed by atoms with van der Waals surface area (Å²) in [7, 11) is 0. The molecule has 1 aromatic heterocycles. The molecule has 0 saturated heterocycles. The van der Waals surface area contributed by atoms with Crippen molar-refractivity contribution in [2.45, 2.75) is 13.5 Å². The van der Waals surface area contributed by atoms with Crippen LogP contribution in [0.3, 0.4) is 0 Å². The highest BCUT2D eigenvalue weighted by Gasteiger charge is 1.87. The van der Waals surface area contributed by atoms with Crippen molar-refractivity contribution in [1.29, 1.82) is 0 Å². The van der Waals surface area contributed by atoms with E-state index in [0.717, 1.165) is 6.54 Å². The average Bonchev–Trinajstić information content (AvgIpc) is 2.41. The summed E-state index contributed by atoms with van der Waals surface area (Å²) < 4.78 is 0. The van der Waals surface area contributed by atoms with Gasteiger partial charge in [-0.1, -0.05) is 12.1 Å². The Balaban J connectivity index is 2.28. The van der Waals surface area contributed by atoms with Crippen molar-refractivity contribution in [3.05, 3.63) is 34.7 Å². The summed E-state index contributed by atoms with van der Waals surface area (Å²) in [5.41, 5.74) is 0. The number of hydrogen-bond donors (Lipinski definition) is 1. The van der Waals surface area contributed by atoms with Crippen molar-refractivity contribution in [2.75, 3.05) is 0 Å². The zero-order chi connectivity index (χ0) is 7.23. The Kier molecular flexibility index (Phi) is 3.03. The lowest BCUT2D eigenvalue weighted by Gasteiger charge is -1.94. The summed E-state index contributed by atoms with van der Waals surface area (Å²) >= 11 is 1.78. The Bertz CT molecular complexity index is 189. The quantitative estimate of drug-likeness (QED) is 0.703. The van der Waals surface area contributed by atoms with E-state index in [-0.39, 0.29) is 0 Å². The first kappa shape index (κ1) is 7.35. The largest absolute Gasteiger partial charge is 0.386 e. The van der Waals surface area contributed by atoms with Gasteiger partial charge in [-0.2, -0.15) is 0 Å². The number of hydrogen-bond acceptors (Lipinski definition) is 2. The first-order valence-electron chi connectivity index (χ1n) is 3.30. The standard InChI is InChI=1S/C8H11NS/c1-2-5-9-7-8-4-3-6-10-8/h2-6,9H,7H2,1H3/b5-2+. The zero-order valence-corrected chi connectivity index (χ0v) is 6.82. The second kappa shape index (κ2) is 4.12. The predicted octanol–water partition coefficient (Wildman–Crippen LogP) is 2.37. The molecule has 1 nitrogen and oxygen atoms in total. The fourth-order valence-electron chi connectivity index (χ4n) is 0.691. The molecule has 0 aliphatic rings. The molecular formula is C8H11NS. The van der Waals surface area contributed by atoms with Gasteiger partial charge in [0.15, 0.2) is 0 Å². The zero-order valence-electron chi connectivity index (χ0n) is 6.00. The van der Waals surface area contributed by atoms with Crippen LogP contribution in [0, 0.1) is 0 Å². The molecule has 2 heteroatoms. The maximum Gasteiger partial charge on any atom is 0.0488 e. The minimum atomic E-state index is 0.946. The lowest BCUT2D eigenvalue weighted by Crippen LogP contribution is -2.01. The fraction of sp³-hybridized carbons (Fsp3) is 0.250. The van der Waals surface area contributed by atoms with Gasteiger partial charge in [-0.3, -0.25) is 0 Å². The van der Waals surface area contributed by atoms with E-state index in [1.54, 1.807) is 11.3 Å². The molecule has 0 atom stereocenters. The van der Waals surface area contributed by atoms with Crippen molar-refractivity contribution < 1.29 is 0 Å². The number of thiophene rings is 1. The molecule has 0 bridgehead atoms. The normalized spacial score (nSPS) is 10.5. The molecule has 0 radical (unpaired) electrons. The highest BCUT2D eigenvalue weighted by atomic mass is 32.1. The molecule has 0 spiro atoms. The average molecular weight is 153 g/mol. The molecule has 1 heterocycles. The molecule has 0 aromatic carbocycles. The van der Waals surface area contributed by atoms with Gasteiger partial charge in [-0.05, 0) is 24.6 Å². The second-order valence-electron chi connectivity index (χ2n) is 1.96. The van der Waals surface area contributed by atoms with Crippen LogP contribution in [0.1, 0.15) is 11.8 Å². The van der Waals surface area contributed by atoms with Crippen molar-refractivity contribution in [2.24, 2.45) is 0 Å². The van der Waals surface area contributed by atoms with Gasteiger partial charge >= 0.3 is 0 Å². The van der Waals surface area contributed by atoms with E-state index in [0.29, 0.717) is 0 Å². The highest BCUT2D eigenvalue weighted by Crippen LogP contribution is 2.06. The van der Waals surface area contributed by atoms with Gasteiger partial charge in [-0.25, -0.2) is 0 Å². The Morgan fingerprint density at radius 1 is 1.70 bits per heavy atom. The maximum atomic E-state index is 3.17. The topological polar surface area (TPSA) is 12.0 Å². The molecule has 0 amide bonds. The van der Waals surface area contributed by atoms with Gasteiger partial charge < -0.3 is 5.32 Å². The van der Waals surface area contributed by atoms with Crippen molar-refractivity contribution in [3.8, 4) is 0 Å². The number of allylic oxidation sites excluding steroid dienone is 1. The van der Waals surface area contributed by atoms with Gasteiger partial charge in [0.1, 0.15) is 0 Å². The highest BCUT2D eigenvalue weighted by molar-refractivity contribution is 7.09. The molecule has 0 unspecified atom stereocenters. The van der Waals surface area contributed by atoms with Gasteiger partial charge in [-0.15, -0.1) is 11.3 Å². The van der Waals surface area contributed by atoms with Crippen molar-refractivity contribution >= 4 is 11.3 Å². The summed E-state index contributed by atoms with van der Waals surface area (Å²) in [5, 5.41) is 5.26. The molecule has 0 saturated carbocycles. The van der Waals surface area contributed by atoms with E-state index in [2.05, 4.69) is 22.8 Å². The summed E-state index contributed by atoms with van der Waals surface area (Å²) in [6.45, 7) is 2.95. The van der Waals surface area contributed by atoms with Gasteiger partial charge in [0.05, 0.1) is 0 Å². The third-order valence-electron chi connectivity index (χ3n) is 1.14. The van der Waals surface area contributed by atoms with E-state index in [9.17, 15) is 0 Å². The van der Waals surface area contributed by atoms with Crippen LogP contribution in [0.15, 0.2) is 29.8 Å². The Morgan fingerprint density at radius 3 is 3.20 bits per heavy atom. The van der Waals surface area contributed by atoms with Crippen LogP contribution in [0.4, 0.5) is 0 Å². The lowest BCUT2D eigenvalue weighted by molar-refractivity contribution is 0.885. The fourth-order valence-corrected chi connectivity index (χ4v) is 1.35. The van der Waals surface area contributed by atoms with Crippen LogP contribution in [-0.2, 0) is 6.54 Å². The molecule has 0 fully saturated rings. The Labute approximate surface area is 65.4 Å². The minimum absolute atomic E-state index is 0.946. The van der Waals surface area contributed by atoms with Crippen LogP contribution in [-0.4, -0.2) is 0 Å². The summed E-state index contributed by atoms with van der Waals surface area (Å²) in [4.78, 5) is 1.37. The van der Waals surface area contributed by atoms with Crippen LogP contribution in [0.2, 0.25) is 0 Å². The second-order valence-corrected chi connectivity index (χ2v) is 2.99. The van der Waals surface area contributed by atoms with Crippen LogP contribution in [0.5, 0.6) is 0 Å². The molecule has 1 rings (SSSR count). The first-order chi connectivity index (χ1) is 4.93. The van der Waals surface area contributed by atoms with Crippen LogP contribution < -0.4 is 5.32 Å². The molecule has 1 N–H and O–H groups in total. The Hall–Kier alpha value is -0.760. The Morgan fingerprint density at radius 2 is 2.60 bits per heavy atom. The van der Waals surface area contributed by atoms with Crippen molar-refractivity contribution in [1.82, 2.24) is 5.32 Å². The molecule has 54 valence electrons. The predicted molar refractivity (Wildman–Crippen MR) is 46.0 cm³/mol. The summed E-state index contributed by atoms with van der Waals surface area (Å²) in [5.74, 6) is 0. The lowest BCUT2D eigenvalue weighted by atomic mass is 10.5. The van der Waals surface area contributed by atoms with Crippen LogP contribution in [0.25, 0.3) is 0 Å². The minimum Gasteiger partial charge on any atom is -0.386 e. The first-order valence-corrected chi connectivity index (χ1v) is 4.18. The van der Waals surface area contributed by atoms with E-state index < -0.39 is 0 Å². The SMILES string of the molecule is C/C=C/NCc1cccs1. The van der Waals surface area contributed by atoms with E-state index >= 15 is 0 Å². The molecule has 10 heavy (non-hydrogen) atoms. The molecule has 0 aliphatic carbocycles.